The monoisotopic (exact) mass is 382 g/mol. The number of fused-ring (bicyclic) bond motifs is 3. The molecule has 1 aliphatic carbocycles. The van der Waals surface area contributed by atoms with Gasteiger partial charge in [-0.3, -0.25) is 9.67 Å². The second-order valence-corrected chi connectivity index (χ2v) is 7.98. The predicted octanol–water partition coefficient (Wildman–Crippen LogP) is 5.03. The van der Waals surface area contributed by atoms with Gasteiger partial charge in [-0.15, -0.1) is 5.73 Å². The van der Waals surface area contributed by atoms with Crippen molar-refractivity contribution in [1.29, 1.82) is 0 Å². The van der Waals surface area contributed by atoms with E-state index in [0.29, 0.717) is 6.54 Å². The number of benzene rings is 1. The molecular weight excluding hydrogens is 360 g/mol. The van der Waals surface area contributed by atoms with Gasteiger partial charge in [-0.25, -0.2) is 0 Å². The van der Waals surface area contributed by atoms with Crippen LogP contribution in [0.15, 0.2) is 69.6 Å². The summed E-state index contributed by atoms with van der Waals surface area (Å²) in [7, 11) is 1.93. The van der Waals surface area contributed by atoms with Crippen molar-refractivity contribution in [2.45, 2.75) is 27.3 Å². The van der Waals surface area contributed by atoms with Crippen LogP contribution in [0, 0.1) is 12.3 Å². The van der Waals surface area contributed by atoms with Gasteiger partial charge in [-0.2, -0.15) is 5.10 Å². The Morgan fingerprint density at radius 3 is 2.76 bits per heavy atom. The van der Waals surface area contributed by atoms with Gasteiger partial charge in [0.25, 0.3) is 0 Å². The molecule has 5 heteroatoms. The molecule has 0 N–H and O–H groups in total. The second-order valence-electron chi connectivity index (χ2n) is 7.98. The molecule has 1 atom stereocenters. The third-order valence-corrected chi connectivity index (χ3v) is 5.69. The molecule has 5 rings (SSSR count). The standard InChI is InChI=1S/C24H22N4O/c1-15-7-9-24(3,10-8-15)23-20-11-17(18-12-26-28(4)14-18)5-6-19(20)22-16(2)27-29-21(22)13-25-23/h5-7,9-12,14H,13H2,1-4H3. The van der Waals surface area contributed by atoms with Crippen molar-refractivity contribution < 1.29 is 4.52 Å². The van der Waals surface area contributed by atoms with Crippen molar-refractivity contribution in [3.05, 3.63) is 77.1 Å². The first-order chi connectivity index (χ1) is 13.9. The molecular formula is C24H22N4O. The number of aromatic nitrogens is 3. The van der Waals surface area contributed by atoms with E-state index in [2.05, 4.69) is 66.3 Å². The summed E-state index contributed by atoms with van der Waals surface area (Å²) in [5.41, 5.74) is 11.5. The Hall–Kier alpha value is -3.43. The summed E-state index contributed by atoms with van der Waals surface area (Å²) < 4.78 is 7.43. The molecule has 0 saturated carbocycles. The third kappa shape index (κ3) is 2.82. The molecule has 1 aromatic carbocycles. The summed E-state index contributed by atoms with van der Waals surface area (Å²) in [6.07, 6.45) is 10.3. The maximum atomic E-state index is 5.61. The summed E-state index contributed by atoms with van der Waals surface area (Å²) in [6, 6.07) is 6.50. The zero-order valence-electron chi connectivity index (χ0n) is 17.0. The van der Waals surface area contributed by atoms with Crippen LogP contribution in [0.4, 0.5) is 0 Å². The highest BCUT2D eigenvalue weighted by Crippen LogP contribution is 2.41. The lowest BCUT2D eigenvalue weighted by atomic mass is 9.77. The van der Waals surface area contributed by atoms with Crippen LogP contribution in [-0.4, -0.2) is 20.6 Å². The molecule has 3 heterocycles. The minimum atomic E-state index is -0.341. The van der Waals surface area contributed by atoms with E-state index >= 15 is 0 Å². The Balaban J connectivity index is 1.76. The number of aryl methyl sites for hydroxylation is 2. The largest absolute Gasteiger partial charge is 0.358 e. The summed E-state index contributed by atoms with van der Waals surface area (Å²) in [5.74, 6) is 0.812. The molecule has 5 nitrogen and oxygen atoms in total. The molecule has 144 valence electrons. The fourth-order valence-corrected chi connectivity index (χ4v) is 4.08. The van der Waals surface area contributed by atoms with Crippen molar-refractivity contribution >= 4 is 5.71 Å². The van der Waals surface area contributed by atoms with Crippen molar-refractivity contribution in [1.82, 2.24) is 14.9 Å². The van der Waals surface area contributed by atoms with Gasteiger partial charge in [0.1, 0.15) is 6.54 Å². The van der Waals surface area contributed by atoms with Gasteiger partial charge in [-0.05, 0) is 49.6 Å². The van der Waals surface area contributed by atoms with Gasteiger partial charge in [0.15, 0.2) is 5.76 Å². The lowest BCUT2D eigenvalue weighted by Crippen LogP contribution is -2.25. The number of aliphatic imine (C=N–C) groups is 1. The Kier molecular flexibility index (Phi) is 3.83. The van der Waals surface area contributed by atoms with E-state index in [-0.39, 0.29) is 5.41 Å². The SMILES string of the molecule is CC1=C=CC(C)(C2=NCc3onc(C)c3-c3ccc(-c4cnn(C)c4)cc32)C=C1. The van der Waals surface area contributed by atoms with Gasteiger partial charge in [0, 0.05) is 24.4 Å². The van der Waals surface area contributed by atoms with Crippen LogP contribution in [0.5, 0.6) is 0 Å². The maximum absolute atomic E-state index is 5.61. The molecule has 2 aromatic heterocycles. The Morgan fingerprint density at radius 2 is 2.03 bits per heavy atom. The first kappa shape index (κ1) is 17.7. The van der Waals surface area contributed by atoms with Crippen LogP contribution in [0.2, 0.25) is 0 Å². The minimum absolute atomic E-state index is 0.341. The summed E-state index contributed by atoms with van der Waals surface area (Å²) in [6.45, 7) is 6.70. The Bertz CT molecular complexity index is 1260. The number of allylic oxidation sites excluding steroid dienone is 3. The Morgan fingerprint density at radius 1 is 1.17 bits per heavy atom. The quantitative estimate of drug-likeness (QED) is 0.584. The van der Waals surface area contributed by atoms with E-state index in [0.717, 1.165) is 50.6 Å². The van der Waals surface area contributed by atoms with Crippen molar-refractivity contribution in [3.63, 3.8) is 0 Å². The highest BCUT2D eigenvalue weighted by atomic mass is 16.5. The van der Waals surface area contributed by atoms with Gasteiger partial charge >= 0.3 is 0 Å². The molecule has 0 bridgehead atoms. The summed E-state index contributed by atoms with van der Waals surface area (Å²) >= 11 is 0. The molecule has 0 fully saturated rings. The van der Waals surface area contributed by atoms with Crippen LogP contribution in [0.25, 0.3) is 22.3 Å². The number of hydrogen-bond acceptors (Lipinski definition) is 4. The van der Waals surface area contributed by atoms with Crippen molar-refractivity contribution in [3.8, 4) is 22.3 Å². The molecule has 0 radical (unpaired) electrons. The van der Waals surface area contributed by atoms with Crippen LogP contribution in [-0.2, 0) is 13.6 Å². The van der Waals surface area contributed by atoms with E-state index in [1.807, 2.05) is 31.0 Å². The van der Waals surface area contributed by atoms with E-state index in [1.54, 1.807) is 0 Å². The van der Waals surface area contributed by atoms with E-state index in [1.165, 1.54) is 0 Å². The van der Waals surface area contributed by atoms with Crippen LogP contribution in [0.1, 0.15) is 30.9 Å². The van der Waals surface area contributed by atoms with Gasteiger partial charge < -0.3 is 4.52 Å². The zero-order valence-corrected chi connectivity index (χ0v) is 17.0. The smallest absolute Gasteiger partial charge is 0.166 e. The maximum Gasteiger partial charge on any atom is 0.166 e. The first-order valence-corrected chi connectivity index (χ1v) is 9.72. The second kappa shape index (κ2) is 6.29. The average molecular weight is 382 g/mol. The molecule has 1 unspecified atom stereocenters. The molecule has 3 aromatic rings. The molecule has 0 amide bonds. The summed E-state index contributed by atoms with van der Waals surface area (Å²) in [5, 5.41) is 8.52. The average Bonchev–Trinajstić information content (AvgIpc) is 3.25. The van der Waals surface area contributed by atoms with Crippen LogP contribution >= 0.6 is 0 Å². The fourth-order valence-electron chi connectivity index (χ4n) is 4.08. The normalized spacial score (nSPS) is 20.0. The topological polar surface area (TPSA) is 56.2 Å². The van der Waals surface area contributed by atoms with Gasteiger partial charge in [-0.1, -0.05) is 29.4 Å². The van der Waals surface area contributed by atoms with E-state index in [4.69, 9.17) is 9.52 Å². The third-order valence-electron chi connectivity index (χ3n) is 5.69. The van der Waals surface area contributed by atoms with Crippen molar-refractivity contribution in [2.24, 2.45) is 17.5 Å². The molecule has 29 heavy (non-hydrogen) atoms. The zero-order chi connectivity index (χ0) is 20.2. The lowest BCUT2D eigenvalue weighted by molar-refractivity contribution is 0.382. The Labute approximate surface area is 169 Å². The molecule has 1 aliphatic heterocycles. The highest BCUT2D eigenvalue weighted by molar-refractivity contribution is 6.12. The van der Waals surface area contributed by atoms with E-state index < -0.39 is 0 Å². The molecule has 2 aliphatic rings. The number of nitrogens with zero attached hydrogens (tertiary/aromatic N) is 4. The lowest BCUT2D eigenvalue weighted by Gasteiger charge is -2.27. The number of hydrogen-bond donors (Lipinski definition) is 0. The fraction of sp³-hybridized carbons (Fsp3) is 0.250. The van der Waals surface area contributed by atoms with E-state index in [9.17, 15) is 0 Å². The molecule has 0 spiro atoms. The van der Waals surface area contributed by atoms with Crippen molar-refractivity contribution in [2.75, 3.05) is 0 Å². The highest BCUT2D eigenvalue weighted by Gasteiger charge is 2.33. The number of rotatable bonds is 2. The van der Waals surface area contributed by atoms with Gasteiger partial charge in [0.2, 0.25) is 0 Å². The van der Waals surface area contributed by atoms with Gasteiger partial charge in [0.05, 0.1) is 28.6 Å². The first-order valence-electron chi connectivity index (χ1n) is 9.72. The van der Waals surface area contributed by atoms with Crippen LogP contribution in [0.3, 0.4) is 0 Å². The molecule has 0 saturated heterocycles. The summed E-state index contributed by atoms with van der Waals surface area (Å²) in [4.78, 5) is 5.01. The van der Waals surface area contributed by atoms with Crippen LogP contribution < -0.4 is 0 Å². The predicted molar refractivity (Wildman–Crippen MR) is 114 cm³/mol. The minimum Gasteiger partial charge on any atom is -0.358 e.